The van der Waals surface area contributed by atoms with Crippen molar-refractivity contribution in [1.82, 2.24) is 0 Å². The summed E-state index contributed by atoms with van der Waals surface area (Å²) in [6.45, 7) is 2.52. The van der Waals surface area contributed by atoms with Gasteiger partial charge in [0.15, 0.2) is 22.8 Å². The van der Waals surface area contributed by atoms with Crippen molar-refractivity contribution in [3.8, 4) is 28.6 Å². The van der Waals surface area contributed by atoms with E-state index in [4.69, 9.17) is 23.4 Å². The maximum atomic E-state index is 11.7. The normalized spacial score (nSPS) is 11.1. The SMILES string of the molecule is CCOC(=O)/C=C/c1cc(OC)c2oc(-c3ccc(OCc4ccccc4)c(OC)c3)c(Br)c2c1. The van der Waals surface area contributed by atoms with E-state index in [0.29, 0.717) is 41.8 Å². The molecule has 0 saturated heterocycles. The highest BCUT2D eigenvalue weighted by Crippen LogP contribution is 2.44. The van der Waals surface area contributed by atoms with Crippen LogP contribution < -0.4 is 14.2 Å². The molecule has 7 heteroatoms. The second kappa shape index (κ2) is 11.1. The summed E-state index contributed by atoms with van der Waals surface area (Å²) >= 11 is 3.68. The van der Waals surface area contributed by atoms with Crippen LogP contribution in [-0.2, 0) is 16.1 Å². The first-order valence-corrected chi connectivity index (χ1v) is 11.8. The average molecular weight is 537 g/mol. The Kier molecular flexibility index (Phi) is 7.77. The van der Waals surface area contributed by atoms with E-state index in [1.165, 1.54) is 6.08 Å². The predicted molar refractivity (Wildman–Crippen MR) is 139 cm³/mol. The van der Waals surface area contributed by atoms with Crippen molar-refractivity contribution in [2.75, 3.05) is 20.8 Å². The van der Waals surface area contributed by atoms with Crippen molar-refractivity contribution in [2.24, 2.45) is 0 Å². The number of fused-ring (bicyclic) bond motifs is 1. The standard InChI is InChI=1S/C28H25BrO6/c1-4-33-25(30)13-10-19-14-21-26(29)27(35-28(21)24(15-19)32-3)20-11-12-22(23(16-20)31-2)34-17-18-8-6-5-7-9-18/h5-16H,4,17H2,1-3H3/b13-10+. The number of benzene rings is 3. The molecule has 0 saturated carbocycles. The van der Waals surface area contributed by atoms with Crippen LogP contribution in [0.3, 0.4) is 0 Å². The minimum absolute atomic E-state index is 0.321. The van der Waals surface area contributed by atoms with E-state index in [2.05, 4.69) is 15.9 Å². The summed E-state index contributed by atoms with van der Waals surface area (Å²) in [5, 5.41) is 0.811. The second-order valence-corrected chi connectivity index (χ2v) is 8.36. The molecule has 0 aliphatic rings. The number of furan rings is 1. The molecular formula is C28H25BrO6. The number of ether oxygens (including phenoxy) is 4. The van der Waals surface area contributed by atoms with Gasteiger partial charge in [0.25, 0.3) is 0 Å². The van der Waals surface area contributed by atoms with Crippen molar-refractivity contribution < 1.29 is 28.2 Å². The molecule has 0 N–H and O–H groups in total. The number of carbonyl (C=O) groups is 1. The fraction of sp³-hybridized carbons (Fsp3) is 0.179. The van der Waals surface area contributed by atoms with Gasteiger partial charge in [-0.05, 0) is 70.4 Å². The van der Waals surface area contributed by atoms with E-state index >= 15 is 0 Å². The van der Waals surface area contributed by atoms with Crippen molar-refractivity contribution in [1.29, 1.82) is 0 Å². The predicted octanol–water partition coefficient (Wildman–Crippen LogP) is 7.03. The lowest BCUT2D eigenvalue weighted by atomic mass is 10.1. The molecule has 0 aliphatic heterocycles. The number of methoxy groups -OCH3 is 2. The molecule has 4 rings (SSSR count). The van der Waals surface area contributed by atoms with Gasteiger partial charge < -0.3 is 23.4 Å². The van der Waals surface area contributed by atoms with Gasteiger partial charge in [-0.3, -0.25) is 0 Å². The molecule has 1 aromatic heterocycles. The molecular weight excluding hydrogens is 512 g/mol. The van der Waals surface area contributed by atoms with Gasteiger partial charge in [0.1, 0.15) is 12.4 Å². The molecule has 0 aliphatic carbocycles. The largest absolute Gasteiger partial charge is 0.493 e. The number of carbonyl (C=O) groups excluding carboxylic acids is 1. The van der Waals surface area contributed by atoms with Crippen LogP contribution in [0.15, 0.2) is 75.6 Å². The van der Waals surface area contributed by atoms with Gasteiger partial charge in [-0.25, -0.2) is 4.79 Å². The molecule has 3 aromatic carbocycles. The molecule has 0 unspecified atom stereocenters. The molecule has 6 nitrogen and oxygen atoms in total. The van der Waals surface area contributed by atoms with Gasteiger partial charge in [-0.1, -0.05) is 30.3 Å². The molecule has 180 valence electrons. The highest BCUT2D eigenvalue weighted by Gasteiger charge is 2.19. The Morgan fingerprint density at radius 2 is 1.74 bits per heavy atom. The summed E-state index contributed by atoms with van der Waals surface area (Å²) in [5.74, 6) is 2.00. The van der Waals surface area contributed by atoms with Crippen molar-refractivity contribution in [3.63, 3.8) is 0 Å². The van der Waals surface area contributed by atoms with Crippen LogP contribution in [0.25, 0.3) is 28.4 Å². The van der Waals surface area contributed by atoms with Crippen molar-refractivity contribution in [3.05, 3.63) is 82.3 Å². The fourth-order valence-corrected chi connectivity index (χ4v) is 4.22. The van der Waals surface area contributed by atoms with Crippen molar-refractivity contribution >= 4 is 38.9 Å². The van der Waals surface area contributed by atoms with Crippen LogP contribution in [0.1, 0.15) is 18.1 Å². The van der Waals surface area contributed by atoms with Crippen LogP contribution in [0.2, 0.25) is 0 Å². The lowest BCUT2D eigenvalue weighted by Crippen LogP contribution is -1.98. The topological polar surface area (TPSA) is 67.1 Å². The summed E-state index contributed by atoms with van der Waals surface area (Å²) in [7, 11) is 3.18. The Morgan fingerprint density at radius 3 is 2.46 bits per heavy atom. The lowest BCUT2D eigenvalue weighted by Gasteiger charge is -2.12. The third kappa shape index (κ3) is 5.52. The minimum Gasteiger partial charge on any atom is -0.493 e. The van der Waals surface area contributed by atoms with Crippen LogP contribution in [0, 0.1) is 0 Å². The molecule has 1 heterocycles. The van der Waals surface area contributed by atoms with Crippen LogP contribution >= 0.6 is 15.9 Å². The smallest absolute Gasteiger partial charge is 0.330 e. The zero-order valence-electron chi connectivity index (χ0n) is 19.7. The summed E-state index contributed by atoms with van der Waals surface area (Å²) in [5.41, 5.74) is 3.24. The third-order valence-electron chi connectivity index (χ3n) is 5.30. The Balaban J connectivity index is 1.67. The van der Waals surface area contributed by atoms with Gasteiger partial charge in [-0.15, -0.1) is 0 Å². The van der Waals surface area contributed by atoms with Crippen LogP contribution in [0.4, 0.5) is 0 Å². The van der Waals surface area contributed by atoms with Crippen LogP contribution in [-0.4, -0.2) is 26.8 Å². The molecule has 0 atom stereocenters. The molecule has 0 spiro atoms. The quantitative estimate of drug-likeness (QED) is 0.169. The molecule has 0 amide bonds. The molecule has 0 fully saturated rings. The van der Waals surface area contributed by atoms with Gasteiger partial charge in [0.2, 0.25) is 0 Å². The van der Waals surface area contributed by atoms with Crippen LogP contribution in [0.5, 0.6) is 17.2 Å². The van der Waals surface area contributed by atoms with Gasteiger partial charge in [0.05, 0.1) is 25.3 Å². The first-order chi connectivity index (χ1) is 17.0. The summed E-state index contributed by atoms with van der Waals surface area (Å²) in [4.78, 5) is 11.7. The highest BCUT2D eigenvalue weighted by molar-refractivity contribution is 9.10. The van der Waals surface area contributed by atoms with E-state index < -0.39 is 5.97 Å². The Labute approximate surface area is 212 Å². The van der Waals surface area contributed by atoms with E-state index in [1.54, 1.807) is 33.3 Å². The summed E-state index contributed by atoms with van der Waals surface area (Å²) < 4.78 is 29.1. The highest BCUT2D eigenvalue weighted by atomic mass is 79.9. The Bertz CT molecular complexity index is 1360. The average Bonchev–Trinajstić information content (AvgIpc) is 3.22. The van der Waals surface area contributed by atoms with E-state index in [9.17, 15) is 4.79 Å². The van der Waals surface area contributed by atoms with Gasteiger partial charge in [0, 0.05) is 17.0 Å². The minimum atomic E-state index is -0.403. The number of rotatable bonds is 9. The molecule has 0 bridgehead atoms. The van der Waals surface area contributed by atoms with Gasteiger partial charge >= 0.3 is 5.97 Å². The number of hydrogen-bond acceptors (Lipinski definition) is 6. The second-order valence-electron chi connectivity index (χ2n) is 7.57. The van der Waals surface area contributed by atoms with Crippen molar-refractivity contribution in [2.45, 2.75) is 13.5 Å². The maximum absolute atomic E-state index is 11.7. The zero-order valence-corrected chi connectivity index (χ0v) is 21.3. The fourth-order valence-electron chi connectivity index (χ4n) is 3.61. The number of hydrogen-bond donors (Lipinski definition) is 0. The van der Waals surface area contributed by atoms with Gasteiger partial charge in [-0.2, -0.15) is 0 Å². The summed E-state index contributed by atoms with van der Waals surface area (Å²) in [6.07, 6.45) is 3.07. The molecule has 4 aromatic rings. The van der Waals surface area contributed by atoms with E-state index in [1.807, 2.05) is 54.6 Å². The van der Waals surface area contributed by atoms with E-state index in [-0.39, 0.29) is 0 Å². The lowest BCUT2D eigenvalue weighted by molar-refractivity contribution is -0.137. The first-order valence-electron chi connectivity index (χ1n) is 11.0. The molecule has 35 heavy (non-hydrogen) atoms. The summed E-state index contributed by atoms with van der Waals surface area (Å²) in [6, 6.07) is 19.3. The molecule has 0 radical (unpaired) electrons. The number of esters is 1. The third-order valence-corrected chi connectivity index (χ3v) is 6.09. The number of halogens is 1. The first kappa shape index (κ1) is 24.4. The maximum Gasteiger partial charge on any atom is 0.330 e. The Hall–Kier alpha value is -3.71. The monoisotopic (exact) mass is 536 g/mol. The van der Waals surface area contributed by atoms with E-state index in [0.717, 1.165) is 26.5 Å². The zero-order chi connectivity index (χ0) is 24.8. The Morgan fingerprint density at radius 1 is 0.971 bits per heavy atom.